The van der Waals surface area contributed by atoms with Crippen molar-refractivity contribution in [3.8, 4) is 16.9 Å². The Morgan fingerprint density at radius 1 is 0.917 bits per heavy atom. The average Bonchev–Trinajstić information content (AvgIpc) is 3.58. The summed E-state index contributed by atoms with van der Waals surface area (Å²) in [4.78, 5) is 50.9. The number of nitro benzene ring substituents is 1. The van der Waals surface area contributed by atoms with Gasteiger partial charge in [-0.15, -0.1) is 0 Å². The summed E-state index contributed by atoms with van der Waals surface area (Å²) >= 11 is 0. The van der Waals surface area contributed by atoms with Crippen LogP contribution < -0.4 is 4.74 Å². The lowest BCUT2D eigenvalue weighted by molar-refractivity contribution is -0.384. The molecule has 1 amide bonds. The lowest BCUT2D eigenvalue weighted by atomic mass is 9.99. The minimum Gasteiger partial charge on any atom is -0.444 e. The number of non-ortho nitro benzene ring substituents is 1. The smallest absolute Gasteiger partial charge is 0.444 e. The Kier molecular flexibility index (Phi) is 10.5. The van der Waals surface area contributed by atoms with Crippen molar-refractivity contribution in [2.75, 3.05) is 6.54 Å². The number of ether oxygens (including phenoxy) is 5. The third kappa shape index (κ3) is 9.62. The van der Waals surface area contributed by atoms with Gasteiger partial charge in [0.15, 0.2) is 12.2 Å². The fourth-order valence-corrected chi connectivity index (χ4v) is 4.81. The van der Waals surface area contributed by atoms with Crippen LogP contribution in [-0.4, -0.2) is 74.0 Å². The highest BCUT2D eigenvalue weighted by Crippen LogP contribution is 2.31. The van der Waals surface area contributed by atoms with Crippen molar-refractivity contribution in [2.45, 2.75) is 84.0 Å². The fraction of sp³-hybridized carbons (Fsp3) is 0.438. The predicted molar refractivity (Wildman–Crippen MR) is 164 cm³/mol. The second-order valence-electron chi connectivity index (χ2n) is 12.9. The average molecular weight is 675 g/mol. The van der Waals surface area contributed by atoms with Gasteiger partial charge in [-0.1, -0.05) is 24.3 Å². The largest absolute Gasteiger partial charge is 0.514 e. The summed E-state index contributed by atoms with van der Waals surface area (Å²) in [6, 6.07) is 10.5. The molecule has 16 heteroatoms. The molecule has 0 spiro atoms. The van der Waals surface area contributed by atoms with Crippen LogP contribution in [0.3, 0.4) is 0 Å². The molecule has 4 rings (SSSR count). The maximum Gasteiger partial charge on any atom is 0.514 e. The molecule has 0 unspecified atom stereocenters. The molecule has 1 aromatic heterocycles. The number of aromatic nitrogens is 2. The van der Waals surface area contributed by atoms with Crippen molar-refractivity contribution in [1.29, 1.82) is 0 Å². The molecule has 0 saturated carbocycles. The lowest BCUT2D eigenvalue weighted by Gasteiger charge is -2.30. The first-order valence-electron chi connectivity index (χ1n) is 14.8. The van der Waals surface area contributed by atoms with Gasteiger partial charge < -0.3 is 23.7 Å². The van der Waals surface area contributed by atoms with Gasteiger partial charge in [-0.05, 0) is 71.2 Å². The van der Waals surface area contributed by atoms with Crippen LogP contribution in [-0.2, 0) is 25.4 Å². The number of nitrogens with zero attached hydrogens (tertiary/aromatic N) is 4. The molecule has 2 heterocycles. The predicted octanol–water partition coefficient (Wildman–Crippen LogP) is 6.92. The molecule has 2 aromatic carbocycles. The molecule has 1 saturated heterocycles. The summed E-state index contributed by atoms with van der Waals surface area (Å²) < 4.78 is 54.0. The molecule has 14 nitrogen and oxygen atoms in total. The van der Waals surface area contributed by atoms with Gasteiger partial charge in [-0.3, -0.25) is 15.0 Å². The molecule has 1 aliphatic heterocycles. The van der Waals surface area contributed by atoms with Crippen LogP contribution in [0.25, 0.3) is 11.1 Å². The number of halogens is 2. The minimum atomic E-state index is -2.79. The maximum atomic E-state index is 13.5. The zero-order valence-corrected chi connectivity index (χ0v) is 27.1. The highest BCUT2D eigenvalue weighted by atomic mass is 19.3. The fourth-order valence-electron chi connectivity index (χ4n) is 4.81. The highest BCUT2D eigenvalue weighted by molar-refractivity contribution is 5.71. The number of alkyl halides is 2. The molecule has 0 N–H and O–H groups in total. The van der Waals surface area contributed by atoms with E-state index in [-0.39, 0.29) is 24.4 Å². The van der Waals surface area contributed by atoms with E-state index in [0.717, 1.165) is 12.1 Å². The SMILES string of the molecule is CC(C)(C)OC(=O)O[C@H]1CN(C(=O)OC(C)(C)C)[C@H](Cc2ccc(-c3cnn(C(F)F)c3)cc2)[C@@H]1OC(=O)Oc1ccc([N+](=O)[O-])cc1. The molecule has 0 radical (unpaired) electrons. The van der Waals surface area contributed by atoms with Crippen LogP contribution in [0.1, 0.15) is 53.7 Å². The van der Waals surface area contributed by atoms with E-state index in [9.17, 15) is 33.3 Å². The number of rotatable bonds is 8. The van der Waals surface area contributed by atoms with E-state index in [1.165, 1.54) is 29.4 Å². The van der Waals surface area contributed by atoms with Gasteiger partial charge in [-0.2, -0.15) is 13.9 Å². The Morgan fingerprint density at radius 2 is 1.54 bits per heavy atom. The molecule has 3 aromatic rings. The Bertz CT molecular complexity index is 1620. The number of hydrogen-bond acceptors (Lipinski definition) is 11. The molecule has 3 atom stereocenters. The van der Waals surface area contributed by atoms with Crippen LogP contribution >= 0.6 is 0 Å². The number of benzene rings is 2. The van der Waals surface area contributed by atoms with Gasteiger partial charge in [-0.25, -0.2) is 19.1 Å². The number of likely N-dealkylation sites (tertiary alicyclic amines) is 1. The zero-order chi connectivity index (χ0) is 35.4. The molecule has 0 aliphatic carbocycles. The quantitative estimate of drug-likeness (QED) is 0.0802. The van der Waals surface area contributed by atoms with Gasteiger partial charge in [0.1, 0.15) is 17.0 Å². The summed E-state index contributed by atoms with van der Waals surface area (Å²) in [5, 5.41) is 14.7. The molecule has 258 valence electrons. The normalized spacial score (nSPS) is 17.9. The highest BCUT2D eigenvalue weighted by Gasteiger charge is 2.50. The Morgan fingerprint density at radius 3 is 2.08 bits per heavy atom. The van der Waals surface area contributed by atoms with Crippen LogP contribution in [0, 0.1) is 10.1 Å². The second kappa shape index (κ2) is 14.2. The Balaban J connectivity index is 1.64. The molecular formula is C32H36F2N4O10. The van der Waals surface area contributed by atoms with Crippen molar-refractivity contribution in [1.82, 2.24) is 14.7 Å². The minimum absolute atomic E-state index is 0.0560. The summed E-state index contributed by atoms with van der Waals surface area (Å²) in [6.07, 6.45) is -2.99. The van der Waals surface area contributed by atoms with Crippen molar-refractivity contribution in [3.05, 3.63) is 76.6 Å². The van der Waals surface area contributed by atoms with E-state index in [0.29, 0.717) is 21.4 Å². The van der Waals surface area contributed by atoms with Crippen molar-refractivity contribution >= 4 is 24.1 Å². The van der Waals surface area contributed by atoms with Crippen molar-refractivity contribution in [2.24, 2.45) is 0 Å². The van der Waals surface area contributed by atoms with Gasteiger partial charge in [0.25, 0.3) is 5.69 Å². The standard InChI is InChI=1S/C32H36F2N4O10/c1-31(2,3)47-28(39)36-18-25(45-30(41)48-32(4,5)6)26(46-29(40)44-23-13-11-22(12-14-23)38(42)43)24(36)15-19-7-9-20(10-8-19)21-16-35-37(17-21)27(33)34/h7-14,16-17,24-27H,15,18H2,1-6H3/t24-,25+,26+/m1/s1. The third-order valence-corrected chi connectivity index (χ3v) is 6.80. The molecular weight excluding hydrogens is 638 g/mol. The number of nitro groups is 1. The van der Waals surface area contributed by atoms with E-state index in [1.54, 1.807) is 65.8 Å². The first-order chi connectivity index (χ1) is 22.4. The summed E-state index contributed by atoms with van der Waals surface area (Å²) in [5.41, 5.74) is -0.334. The second-order valence-corrected chi connectivity index (χ2v) is 12.9. The monoisotopic (exact) mass is 674 g/mol. The van der Waals surface area contributed by atoms with Gasteiger partial charge in [0.2, 0.25) is 0 Å². The maximum absolute atomic E-state index is 13.5. The van der Waals surface area contributed by atoms with Crippen LogP contribution in [0.5, 0.6) is 5.75 Å². The number of amides is 1. The van der Waals surface area contributed by atoms with Crippen LogP contribution in [0.4, 0.5) is 28.9 Å². The molecule has 0 bridgehead atoms. The molecule has 1 aliphatic rings. The van der Waals surface area contributed by atoms with E-state index < -0.39 is 59.3 Å². The molecule has 1 fully saturated rings. The Hall–Kier alpha value is -5.28. The number of hydrogen-bond donors (Lipinski definition) is 0. The van der Waals surface area contributed by atoms with Gasteiger partial charge in [0, 0.05) is 23.9 Å². The van der Waals surface area contributed by atoms with E-state index >= 15 is 0 Å². The van der Waals surface area contributed by atoms with E-state index in [1.807, 2.05) is 0 Å². The summed E-state index contributed by atoms with van der Waals surface area (Å²) in [7, 11) is 0. The zero-order valence-electron chi connectivity index (χ0n) is 27.1. The van der Waals surface area contributed by atoms with Crippen LogP contribution in [0.2, 0.25) is 0 Å². The number of carbonyl (C=O) groups excluding carboxylic acids is 3. The summed E-state index contributed by atoms with van der Waals surface area (Å²) in [6.45, 7) is 6.90. The third-order valence-electron chi connectivity index (χ3n) is 6.80. The van der Waals surface area contributed by atoms with Crippen molar-refractivity contribution < 1.29 is 51.8 Å². The van der Waals surface area contributed by atoms with Crippen LogP contribution in [0.15, 0.2) is 60.9 Å². The first kappa shape index (κ1) is 35.6. The van der Waals surface area contributed by atoms with E-state index in [2.05, 4.69) is 5.10 Å². The van der Waals surface area contributed by atoms with Crippen molar-refractivity contribution in [3.63, 3.8) is 0 Å². The van der Waals surface area contributed by atoms with E-state index in [4.69, 9.17) is 23.7 Å². The number of carbonyl (C=O) groups is 3. The Labute approximate surface area is 274 Å². The molecule has 48 heavy (non-hydrogen) atoms. The van der Waals surface area contributed by atoms with Gasteiger partial charge >= 0.3 is 25.0 Å². The topological polar surface area (TPSA) is 162 Å². The first-order valence-corrected chi connectivity index (χ1v) is 14.8. The lowest BCUT2D eigenvalue weighted by Crippen LogP contribution is -2.45. The van der Waals surface area contributed by atoms with Gasteiger partial charge in [0.05, 0.1) is 23.7 Å². The summed E-state index contributed by atoms with van der Waals surface area (Å²) in [5.74, 6) is -0.0560.